The largest absolute Gasteiger partial charge is 0.378 e. The number of nitrogens with zero attached hydrogens (tertiary/aromatic N) is 2. The number of carbonyl (C=O) groups excluding carboxylic acids is 1. The molecule has 3 aliphatic rings. The van der Waals surface area contributed by atoms with E-state index in [1.807, 2.05) is 4.90 Å². The van der Waals surface area contributed by atoms with E-state index in [1.165, 1.54) is 29.5 Å². The molecular formula is C24H30N2O2S. The molecule has 0 bridgehead atoms. The Bertz CT molecular complexity index is 836. The van der Waals surface area contributed by atoms with Crippen molar-refractivity contribution < 1.29 is 9.53 Å². The van der Waals surface area contributed by atoms with Crippen LogP contribution >= 0.6 is 11.3 Å². The zero-order chi connectivity index (χ0) is 19.7. The van der Waals surface area contributed by atoms with E-state index in [-0.39, 0.29) is 5.41 Å². The average Bonchev–Trinajstić information content (AvgIpc) is 3.38. The monoisotopic (exact) mass is 410 g/mol. The van der Waals surface area contributed by atoms with E-state index in [1.54, 1.807) is 11.3 Å². The second-order valence-electron chi connectivity index (χ2n) is 8.87. The van der Waals surface area contributed by atoms with Gasteiger partial charge in [-0.2, -0.15) is 11.3 Å². The lowest BCUT2D eigenvalue weighted by Gasteiger charge is -2.40. The highest BCUT2D eigenvalue weighted by Crippen LogP contribution is 2.52. The highest BCUT2D eigenvalue weighted by Gasteiger charge is 2.45. The number of ether oxygens (including phenoxy) is 1. The maximum absolute atomic E-state index is 12.9. The van der Waals surface area contributed by atoms with E-state index in [4.69, 9.17) is 4.74 Å². The molecule has 2 saturated heterocycles. The lowest BCUT2D eigenvalue weighted by Crippen LogP contribution is -2.42. The molecule has 1 aromatic heterocycles. The number of benzene rings is 1. The molecular weight excluding hydrogens is 380 g/mol. The van der Waals surface area contributed by atoms with Gasteiger partial charge in [0.05, 0.1) is 13.2 Å². The Kier molecular flexibility index (Phi) is 5.46. The Balaban J connectivity index is 1.28. The highest BCUT2D eigenvalue weighted by atomic mass is 32.1. The molecule has 29 heavy (non-hydrogen) atoms. The van der Waals surface area contributed by atoms with Gasteiger partial charge in [-0.1, -0.05) is 24.3 Å². The van der Waals surface area contributed by atoms with E-state index < -0.39 is 0 Å². The van der Waals surface area contributed by atoms with Crippen LogP contribution in [-0.4, -0.2) is 55.1 Å². The molecule has 5 rings (SSSR count). The van der Waals surface area contributed by atoms with Gasteiger partial charge in [-0.05, 0) is 77.2 Å². The van der Waals surface area contributed by atoms with Crippen molar-refractivity contribution in [3.63, 3.8) is 0 Å². The molecule has 1 aliphatic carbocycles. The summed E-state index contributed by atoms with van der Waals surface area (Å²) >= 11 is 1.78. The Hall–Kier alpha value is -1.69. The second-order valence-corrected chi connectivity index (χ2v) is 9.65. The fraction of sp³-hybridized carbons (Fsp3) is 0.542. The van der Waals surface area contributed by atoms with Gasteiger partial charge in [-0.15, -0.1) is 0 Å². The zero-order valence-corrected chi connectivity index (χ0v) is 17.8. The van der Waals surface area contributed by atoms with Crippen molar-refractivity contribution in [1.29, 1.82) is 0 Å². The minimum atomic E-state index is 0.262. The maximum atomic E-state index is 12.9. The quantitative estimate of drug-likeness (QED) is 0.763. The number of piperidine rings is 1. The number of likely N-dealkylation sites (tertiary alicyclic amines) is 1. The summed E-state index contributed by atoms with van der Waals surface area (Å²) in [7, 11) is 0. The summed E-state index contributed by atoms with van der Waals surface area (Å²) in [6.45, 7) is 6.21. The van der Waals surface area contributed by atoms with Crippen LogP contribution in [0.2, 0.25) is 0 Å². The minimum Gasteiger partial charge on any atom is -0.378 e. The number of carbonyl (C=O) groups is 1. The van der Waals surface area contributed by atoms with E-state index in [0.29, 0.717) is 31.5 Å². The number of rotatable bonds is 4. The van der Waals surface area contributed by atoms with E-state index in [2.05, 4.69) is 46.0 Å². The van der Waals surface area contributed by atoms with Gasteiger partial charge in [0.15, 0.2) is 0 Å². The van der Waals surface area contributed by atoms with Gasteiger partial charge in [0.1, 0.15) is 0 Å². The number of fused-ring (bicyclic) bond motifs is 2. The van der Waals surface area contributed by atoms with Crippen LogP contribution in [0.3, 0.4) is 0 Å². The van der Waals surface area contributed by atoms with Crippen LogP contribution in [0.25, 0.3) is 0 Å². The molecule has 1 atom stereocenters. The lowest BCUT2D eigenvalue weighted by molar-refractivity contribution is -0.135. The zero-order valence-electron chi connectivity index (χ0n) is 17.0. The summed E-state index contributed by atoms with van der Waals surface area (Å²) in [5.74, 6) is 0.671. The van der Waals surface area contributed by atoms with Crippen LogP contribution in [0.5, 0.6) is 0 Å². The van der Waals surface area contributed by atoms with Crippen LogP contribution in [0.15, 0.2) is 41.1 Å². The predicted octanol–water partition coefficient (Wildman–Crippen LogP) is 4.02. The van der Waals surface area contributed by atoms with Crippen LogP contribution in [-0.2, 0) is 21.5 Å². The first kappa shape index (κ1) is 19.3. The van der Waals surface area contributed by atoms with Crippen molar-refractivity contribution in [3.8, 4) is 0 Å². The van der Waals surface area contributed by atoms with Gasteiger partial charge >= 0.3 is 0 Å². The van der Waals surface area contributed by atoms with E-state index >= 15 is 0 Å². The molecule has 0 saturated carbocycles. The standard InChI is InChI=1S/C24H30N2O2S/c27-23(26-10-12-28-13-11-26)15-20-16-24(22-4-2-1-3-21(20)22)6-8-25(9-7-24)17-19-5-14-29-18-19/h1-5,14,18,20H,6-13,15-17H2/t20-/m0/s1. The molecule has 5 heteroatoms. The SMILES string of the molecule is O=C(C[C@H]1CC2(CCN(Cc3ccsc3)CC2)c2ccccc21)N1CCOCC1. The summed E-state index contributed by atoms with van der Waals surface area (Å²) in [4.78, 5) is 17.5. The summed E-state index contributed by atoms with van der Waals surface area (Å²) in [5, 5.41) is 4.44. The van der Waals surface area contributed by atoms with Gasteiger partial charge in [-0.3, -0.25) is 9.69 Å². The fourth-order valence-electron chi connectivity index (χ4n) is 5.62. The van der Waals surface area contributed by atoms with Crippen LogP contribution < -0.4 is 0 Å². The van der Waals surface area contributed by atoms with Crippen molar-refractivity contribution in [2.24, 2.45) is 0 Å². The molecule has 0 N–H and O–H groups in total. The van der Waals surface area contributed by atoms with Crippen LogP contribution in [0.1, 0.15) is 48.3 Å². The van der Waals surface area contributed by atoms with Crippen molar-refractivity contribution in [2.75, 3.05) is 39.4 Å². The molecule has 2 aliphatic heterocycles. The maximum Gasteiger partial charge on any atom is 0.223 e. The molecule has 0 radical (unpaired) electrons. The van der Waals surface area contributed by atoms with Gasteiger partial charge in [0, 0.05) is 26.1 Å². The van der Waals surface area contributed by atoms with Crippen molar-refractivity contribution >= 4 is 17.2 Å². The first-order valence-corrected chi connectivity index (χ1v) is 11.9. The fourth-order valence-corrected chi connectivity index (χ4v) is 6.28. The van der Waals surface area contributed by atoms with Gasteiger partial charge in [0.25, 0.3) is 0 Å². The first-order valence-electron chi connectivity index (χ1n) is 10.9. The Morgan fingerprint density at radius 1 is 1.10 bits per heavy atom. The summed E-state index contributed by atoms with van der Waals surface area (Å²) in [6.07, 6.45) is 4.19. The molecule has 1 aromatic carbocycles. The predicted molar refractivity (Wildman–Crippen MR) is 116 cm³/mol. The third-order valence-electron chi connectivity index (χ3n) is 7.19. The summed E-state index contributed by atoms with van der Waals surface area (Å²) in [5.41, 5.74) is 4.65. The van der Waals surface area contributed by atoms with Crippen molar-refractivity contribution in [1.82, 2.24) is 9.80 Å². The Morgan fingerprint density at radius 3 is 2.66 bits per heavy atom. The number of amides is 1. The Morgan fingerprint density at radius 2 is 1.90 bits per heavy atom. The molecule has 1 spiro atoms. The number of morpholine rings is 1. The topological polar surface area (TPSA) is 32.8 Å². The molecule has 2 fully saturated rings. The first-order chi connectivity index (χ1) is 14.2. The average molecular weight is 411 g/mol. The molecule has 2 aromatic rings. The smallest absolute Gasteiger partial charge is 0.223 e. The number of hydrogen-bond acceptors (Lipinski definition) is 4. The number of thiophene rings is 1. The van der Waals surface area contributed by atoms with Gasteiger partial charge in [0.2, 0.25) is 5.91 Å². The molecule has 1 amide bonds. The van der Waals surface area contributed by atoms with Crippen molar-refractivity contribution in [2.45, 2.75) is 43.6 Å². The summed E-state index contributed by atoms with van der Waals surface area (Å²) in [6, 6.07) is 11.2. The third kappa shape index (κ3) is 3.88. The normalized spacial score (nSPS) is 24.0. The van der Waals surface area contributed by atoms with Crippen molar-refractivity contribution in [3.05, 3.63) is 57.8 Å². The van der Waals surface area contributed by atoms with E-state index in [0.717, 1.165) is 39.1 Å². The van der Waals surface area contributed by atoms with Crippen LogP contribution in [0.4, 0.5) is 0 Å². The molecule has 3 heterocycles. The van der Waals surface area contributed by atoms with Crippen LogP contribution in [0, 0.1) is 0 Å². The molecule has 0 unspecified atom stereocenters. The number of hydrogen-bond donors (Lipinski definition) is 0. The third-order valence-corrected chi connectivity index (χ3v) is 7.93. The summed E-state index contributed by atoms with van der Waals surface area (Å²) < 4.78 is 5.42. The Labute approximate surface area is 177 Å². The molecule has 4 nitrogen and oxygen atoms in total. The second kappa shape index (κ2) is 8.21. The molecule has 154 valence electrons. The van der Waals surface area contributed by atoms with Gasteiger partial charge < -0.3 is 9.64 Å². The van der Waals surface area contributed by atoms with Gasteiger partial charge in [-0.25, -0.2) is 0 Å². The van der Waals surface area contributed by atoms with E-state index in [9.17, 15) is 4.79 Å². The minimum absolute atomic E-state index is 0.262. The lowest BCUT2D eigenvalue weighted by atomic mass is 9.73. The highest BCUT2D eigenvalue weighted by molar-refractivity contribution is 7.07.